The Morgan fingerprint density at radius 1 is 1.00 bits per heavy atom. The van der Waals surface area contributed by atoms with Gasteiger partial charge in [-0.3, -0.25) is 4.79 Å². The number of aryl methyl sites for hydroxylation is 1. The number of aliphatic carboxylic acids is 1. The van der Waals surface area contributed by atoms with E-state index in [0.29, 0.717) is 11.1 Å². The molecule has 0 fully saturated rings. The molecule has 0 saturated carbocycles. The van der Waals surface area contributed by atoms with Crippen LogP contribution >= 0.6 is 0 Å². The molecule has 102 valence electrons. The third kappa shape index (κ3) is 3.23. The Kier molecular flexibility index (Phi) is 4.15. The molecule has 0 spiro atoms. The zero-order chi connectivity index (χ0) is 14.5. The van der Waals surface area contributed by atoms with E-state index in [4.69, 9.17) is 0 Å². The molecule has 1 atom stereocenters. The molecule has 0 aliphatic rings. The van der Waals surface area contributed by atoms with Crippen LogP contribution in [0.3, 0.4) is 0 Å². The Labute approximate surface area is 117 Å². The maximum Gasteiger partial charge on any atom is 0.330 e. The van der Waals surface area contributed by atoms with Gasteiger partial charge < -0.3 is 10.4 Å². The molecule has 0 aliphatic carbocycles. The van der Waals surface area contributed by atoms with E-state index >= 15 is 0 Å². The number of carboxylic acids is 1. The number of carbonyl (C=O) groups is 2. The van der Waals surface area contributed by atoms with Gasteiger partial charge in [-0.2, -0.15) is 0 Å². The lowest BCUT2D eigenvalue weighted by Crippen LogP contribution is -2.33. The molecule has 2 aromatic carbocycles. The van der Waals surface area contributed by atoms with Crippen LogP contribution < -0.4 is 5.32 Å². The van der Waals surface area contributed by atoms with Gasteiger partial charge in [0.1, 0.15) is 0 Å². The number of carbonyl (C=O) groups excluding carboxylic acids is 1. The average molecular weight is 269 g/mol. The molecule has 0 aromatic heterocycles. The fourth-order valence-corrected chi connectivity index (χ4v) is 1.85. The molecule has 0 bridgehead atoms. The molecule has 4 nitrogen and oxygen atoms in total. The minimum absolute atomic E-state index is 0.402. The van der Waals surface area contributed by atoms with Gasteiger partial charge in [0.2, 0.25) is 0 Å². The van der Waals surface area contributed by atoms with Gasteiger partial charge in [0, 0.05) is 5.56 Å². The molecular formula is C16H15NO3. The predicted octanol–water partition coefficient (Wildman–Crippen LogP) is 2.55. The molecule has 0 aliphatic heterocycles. The summed E-state index contributed by atoms with van der Waals surface area (Å²) in [6.45, 7) is 1.92. The number of benzene rings is 2. The minimum Gasteiger partial charge on any atom is -0.479 e. The first-order valence-corrected chi connectivity index (χ1v) is 6.23. The van der Waals surface area contributed by atoms with Crippen molar-refractivity contribution in [3.63, 3.8) is 0 Å². The van der Waals surface area contributed by atoms with E-state index in [1.165, 1.54) is 0 Å². The number of hydrogen-bond acceptors (Lipinski definition) is 2. The van der Waals surface area contributed by atoms with Crippen molar-refractivity contribution in [1.29, 1.82) is 0 Å². The number of nitrogens with one attached hydrogen (secondary N) is 1. The van der Waals surface area contributed by atoms with E-state index in [-0.39, 0.29) is 0 Å². The van der Waals surface area contributed by atoms with Crippen molar-refractivity contribution in [3.8, 4) is 0 Å². The Hall–Kier alpha value is -2.62. The average Bonchev–Trinajstić information content (AvgIpc) is 2.46. The lowest BCUT2D eigenvalue weighted by Gasteiger charge is -2.15. The van der Waals surface area contributed by atoms with Gasteiger partial charge in [0.05, 0.1) is 0 Å². The van der Waals surface area contributed by atoms with Crippen LogP contribution in [0.1, 0.15) is 27.5 Å². The molecule has 4 heteroatoms. The third-order valence-corrected chi connectivity index (χ3v) is 2.97. The molecule has 0 saturated heterocycles. The Balaban J connectivity index is 2.19. The van der Waals surface area contributed by atoms with E-state index in [2.05, 4.69) is 5.32 Å². The van der Waals surface area contributed by atoms with E-state index in [1.54, 1.807) is 42.5 Å². The lowest BCUT2D eigenvalue weighted by atomic mass is 10.1. The maximum absolute atomic E-state index is 12.1. The zero-order valence-electron chi connectivity index (χ0n) is 11.0. The van der Waals surface area contributed by atoms with Crippen LogP contribution in [-0.4, -0.2) is 17.0 Å². The third-order valence-electron chi connectivity index (χ3n) is 2.97. The summed E-state index contributed by atoms with van der Waals surface area (Å²) in [5.74, 6) is -1.49. The lowest BCUT2D eigenvalue weighted by molar-refractivity contribution is -0.139. The second kappa shape index (κ2) is 6.02. The van der Waals surface area contributed by atoms with Crippen molar-refractivity contribution in [2.24, 2.45) is 0 Å². The Morgan fingerprint density at radius 3 is 2.15 bits per heavy atom. The van der Waals surface area contributed by atoms with Crippen LogP contribution in [0.15, 0.2) is 54.6 Å². The highest BCUT2D eigenvalue weighted by molar-refractivity contribution is 5.96. The van der Waals surface area contributed by atoms with Crippen molar-refractivity contribution >= 4 is 11.9 Å². The quantitative estimate of drug-likeness (QED) is 0.896. The molecule has 2 aromatic rings. The summed E-state index contributed by atoms with van der Waals surface area (Å²) in [6.07, 6.45) is 0. The van der Waals surface area contributed by atoms with Gasteiger partial charge in [0.25, 0.3) is 5.91 Å². The molecule has 1 amide bonds. The van der Waals surface area contributed by atoms with Crippen molar-refractivity contribution in [2.75, 3.05) is 0 Å². The Morgan fingerprint density at radius 2 is 1.60 bits per heavy atom. The summed E-state index contributed by atoms with van der Waals surface area (Å²) in [5.41, 5.74) is 2.03. The second-order valence-electron chi connectivity index (χ2n) is 4.52. The fraction of sp³-hybridized carbons (Fsp3) is 0.125. The summed E-state index contributed by atoms with van der Waals surface area (Å²) in [7, 11) is 0. The van der Waals surface area contributed by atoms with Gasteiger partial charge in [0.15, 0.2) is 6.04 Å². The molecule has 20 heavy (non-hydrogen) atoms. The predicted molar refractivity (Wildman–Crippen MR) is 75.5 cm³/mol. The molecule has 0 radical (unpaired) electrons. The van der Waals surface area contributed by atoms with E-state index in [9.17, 15) is 14.7 Å². The number of amides is 1. The standard InChI is InChI=1S/C16H15NO3/c1-11-7-9-13(10-8-11)15(18)17-14(16(19)20)12-5-3-2-4-6-12/h2-10,14H,1H3,(H,17,18)(H,19,20)/t14-/m0/s1. The second-order valence-corrected chi connectivity index (χ2v) is 4.52. The van der Waals surface area contributed by atoms with Gasteiger partial charge >= 0.3 is 5.97 Å². The highest BCUT2D eigenvalue weighted by Gasteiger charge is 2.22. The van der Waals surface area contributed by atoms with Gasteiger partial charge in [-0.25, -0.2) is 4.79 Å². The normalized spacial score (nSPS) is 11.7. The summed E-state index contributed by atoms with van der Waals surface area (Å²) in [5, 5.41) is 11.8. The SMILES string of the molecule is Cc1ccc(C(=O)N[C@H](C(=O)O)c2ccccc2)cc1. The topological polar surface area (TPSA) is 66.4 Å². The van der Waals surface area contributed by atoms with Crippen molar-refractivity contribution in [3.05, 3.63) is 71.3 Å². The van der Waals surface area contributed by atoms with Gasteiger partial charge in [-0.1, -0.05) is 48.0 Å². The smallest absolute Gasteiger partial charge is 0.330 e. The van der Waals surface area contributed by atoms with Crippen LogP contribution in [0, 0.1) is 6.92 Å². The molecule has 2 N–H and O–H groups in total. The van der Waals surface area contributed by atoms with Crippen LogP contribution in [0.5, 0.6) is 0 Å². The largest absolute Gasteiger partial charge is 0.479 e. The van der Waals surface area contributed by atoms with Crippen molar-refractivity contribution < 1.29 is 14.7 Å². The fourth-order valence-electron chi connectivity index (χ4n) is 1.85. The molecular weight excluding hydrogens is 254 g/mol. The molecule has 0 unspecified atom stereocenters. The monoisotopic (exact) mass is 269 g/mol. The summed E-state index contributed by atoms with van der Waals surface area (Å²) in [6, 6.07) is 14.5. The van der Waals surface area contributed by atoms with E-state index < -0.39 is 17.9 Å². The first-order valence-electron chi connectivity index (χ1n) is 6.23. The van der Waals surface area contributed by atoms with Crippen LogP contribution in [-0.2, 0) is 4.79 Å². The van der Waals surface area contributed by atoms with Gasteiger partial charge in [-0.15, -0.1) is 0 Å². The van der Waals surface area contributed by atoms with Crippen LogP contribution in [0.25, 0.3) is 0 Å². The first kappa shape index (κ1) is 13.8. The number of hydrogen-bond donors (Lipinski definition) is 2. The van der Waals surface area contributed by atoms with Gasteiger partial charge in [-0.05, 0) is 24.6 Å². The summed E-state index contributed by atoms with van der Waals surface area (Å²) < 4.78 is 0. The van der Waals surface area contributed by atoms with Crippen LogP contribution in [0.2, 0.25) is 0 Å². The number of carboxylic acid groups (broad SMARTS) is 1. The van der Waals surface area contributed by atoms with Crippen molar-refractivity contribution in [1.82, 2.24) is 5.32 Å². The zero-order valence-corrected chi connectivity index (χ0v) is 11.0. The Bertz CT molecular complexity index is 605. The van der Waals surface area contributed by atoms with Crippen molar-refractivity contribution in [2.45, 2.75) is 13.0 Å². The molecule has 2 rings (SSSR count). The first-order chi connectivity index (χ1) is 9.58. The van der Waals surface area contributed by atoms with E-state index in [1.807, 2.05) is 19.1 Å². The molecule has 0 heterocycles. The summed E-state index contributed by atoms with van der Waals surface area (Å²) in [4.78, 5) is 23.4. The maximum atomic E-state index is 12.1. The highest BCUT2D eigenvalue weighted by atomic mass is 16.4. The number of rotatable bonds is 4. The van der Waals surface area contributed by atoms with E-state index in [0.717, 1.165) is 5.56 Å². The van der Waals surface area contributed by atoms with Crippen LogP contribution in [0.4, 0.5) is 0 Å². The highest BCUT2D eigenvalue weighted by Crippen LogP contribution is 2.14. The summed E-state index contributed by atoms with van der Waals surface area (Å²) >= 11 is 0. The minimum atomic E-state index is -1.09.